The van der Waals surface area contributed by atoms with Gasteiger partial charge in [0.1, 0.15) is 10.6 Å². The molecule has 0 fully saturated rings. The smallest absolute Gasteiger partial charge is 0.276 e. The van der Waals surface area contributed by atoms with Crippen molar-refractivity contribution in [3.63, 3.8) is 0 Å². The molecule has 0 spiro atoms. The number of hydrogen-bond acceptors (Lipinski definition) is 2. The Kier molecular flexibility index (Phi) is 2.33. The largest absolute Gasteiger partial charge is 0.506 e. The quantitative estimate of drug-likeness (QED) is 0.784. The number of fused-ring (bicyclic) bond motifs is 1. The van der Waals surface area contributed by atoms with E-state index < -0.39 is 6.43 Å². The molecule has 0 saturated heterocycles. The summed E-state index contributed by atoms with van der Waals surface area (Å²) in [6.45, 7) is 0. The second-order valence-corrected chi connectivity index (χ2v) is 4.28. The minimum atomic E-state index is -2.65. The Morgan fingerprint density at radius 1 is 1.36 bits per heavy atom. The number of alkyl halides is 2. The molecule has 0 bridgehead atoms. The Bertz CT molecular complexity index is 481. The van der Waals surface area contributed by atoms with Crippen LogP contribution in [0.15, 0.2) is 18.2 Å². The third-order valence-corrected chi connectivity index (χ3v) is 3.23. The van der Waals surface area contributed by atoms with E-state index in [1.54, 1.807) is 12.1 Å². The van der Waals surface area contributed by atoms with Gasteiger partial charge in [-0.25, -0.2) is 8.78 Å². The zero-order valence-electron chi connectivity index (χ0n) is 6.80. The first-order valence-corrected chi connectivity index (χ1v) is 4.98. The van der Waals surface area contributed by atoms with Gasteiger partial charge in [0.25, 0.3) is 6.43 Å². The summed E-state index contributed by atoms with van der Waals surface area (Å²) in [5, 5.41) is 10.3. The predicted octanol–water partition coefficient (Wildman–Crippen LogP) is 4.20. The van der Waals surface area contributed by atoms with Gasteiger partial charge in [0, 0.05) is 15.1 Å². The Morgan fingerprint density at radius 3 is 2.71 bits per heavy atom. The zero-order valence-corrected chi connectivity index (χ0v) is 8.37. The highest BCUT2D eigenvalue weighted by Gasteiger charge is 2.18. The highest BCUT2D eigenvalue weighted by Crippen LogP contribution is 2.42. The molecule has 1 aromatic heterocycles. The first kappa shape index (κ1) is 9.68. The number of halogens is 3. The van der Waals surface area contributed by atoms with Crippen molar-refractivity contribution in [1.29, 1.82) is 0 Å². The molecule has 5 heteroatoms. The summed E-state index contributed by atoms with van der Waals surface area (Å²) in [7, 11) is 0. The van der Waals surface area contributed by atoms with Crippen LogP contribution >= 0.6 is 22.9 Å². The summed E-state index contributed by atoms with van der Waals surface area (Å²) in [6.07, 6.45) is -2.65. The van der Waals surface area contributed by atoms with E-state index in [2.05, 4.69) is 0 Å². The number of hydrogen-bond donors (Lipinski definition) is 1. The molecule has 0 atom stereocenters. The maximum atomic E-state index is 12.4. The van der Waals surface area contributed by atoms with Crippen molar-refractivity contribution < 1.29 is 13.9 Å². The van der Waals surface area contributed by atoms with Crippen LogP contribution in [0.3, 0.4) is 0 Å². The van der Waals surface area contributed by atoms with Crippen LogP contribution in [-0.2, 0) is 0 Å². The summed E-state index contributed by atoms with van der Waals surface area (Å²) in [6, 6.07) is 4.66. The van der Waals surface area contributed by atoms with Crippen LogP contribution in [0, 0.1) is 0 Å². The highest BCUT2D eigenvalue weighted by atomic mass is 35.5. The van der Waals surface area contributed by atoms with Gasteiger partial charge in [-0.05, 0) is 18.2 Å². The maximum Gasteiger partial charge on any atom is 0.276 e. The van der Waals surface area contributed by atoms with Crippen LogP contribution in [0.25, 0.3) is 10.1 Å². The minimum absolute atomic E-state index is 0.303. The van der Waals surface area contributed by atoms with Crippen molar-refractivity contribution in [2.24, 2.45) is 0 Å². The van der Waals surface area contributed by atoms with E-state index in [-0.39, 0.29) is 10.6 Å². The van der Waals surface area contributed by atoms with E-state index in [4.69, 9.17) is 11.6 Å². The van der Waals surface area contributed by atoms with Crippen LogP contribution in [0.5, 0.6) is 5.75 Å². The van der Waals surface area contributed by atoms with Gasteiger partial charge in [-0.15, -0.1) is 11.3 Å². The van der Waals surface area contributed by atoms with Crippen LogP contribution in [0.4, 0.5) is 8.78 Å². The van der Waals surface area contributed by atoms with E-state index in [9.17, 15) is 13.9 Å². The van der Waals surface area contributed by atoms with Gasteiger partial charge in [0.15, 0.2) is 0 Å². The number of rotatable bonds is 1. The topological polar surface area (TPSA) is 20.2 Å². The number of aromatic hydroxyl groups is 1. The molecular formula is C9H5ClF2OS. The summed E-state index contributed by atoms with van der Waals surface area (Å²) < 4.78 is 25.3. The van der Waals surface area contributed by atoms with Crippen molar-refractivity contribution in [2.75, 3.05) is 0 Å². The molecule has 0 radical (unpaired) electrons. The monoisotopic (exact) mass is 234 g/mol. The van der Waals surface area contributed by atoms with Crippen LogP contribution in [-0.4, -0.2) is 5.11 Å². The lowest BCUT2D eigenvalue weighted by Gasteiger charge is -1.94. The minimum Gasteiger partial charge on any atom is -0.506 e. The predicted molar refractivity (Wildman–Crippen MR) is 53.5 cm³/mol. The lowest BCUT2D eigenvalue weighted by atomic mass is 10.2. The van der Waals surface area contributed by atoms with Gasteiger partial charge < -0.3 is 5.11 Å². The van der Waals surface area contributed by atoms with Crippen molar-refractivity contribution in [3.8, 4) is 5.75 Å². The molecule has 0 unspecified atom stereocenters. The maximum absolute atomic E-state index is 12.4. The van der Waals surface area contributed by atoms with Crippen molar-refractivity contribution in [2.45, 2.75) is 6.43 Å². The fourth-order valence-corrected chi connectivity index (χ4v) is 2.45. The fraction of sp³-hybridized carbons (Fsp3) is 0.111. The van der Waals surface area contributed by atoms with E-state index in [1.165, 1.54) is 6.07 Å². The van der Waals surface area contributed by atoms with Crippen molar-refractivity contribution >= 4 is 33.0 Å². The first-order valence-electron chi connectivity index (χ1n) is 3.78. The summed E-state index contributed by atoms with van der Waals surface area (Å²) >= 11 is 6.56. The number of benzene rings is 1. The molecule has 1 nitrogen and oxygen atoms in total. The highest BCUT2D eigenvalue weighted by molar-refractivity contribution is 7.19. The molecular weight excluding hydrogens is 230 g/mol. The van der Waals surface area contributed by atoms with Gasteiger partial charge in [0.2, 0.25) is 0 Å². The normalized spacial score (nSPS) is 11.4. The molecule has 0 aliphatic heterocycles. The summed E-state index contributed by atoms with van der Waals surface area (Å²) in [5.74, 6) is -0.336. The van der Waals surface area contributed by atoms with Crippen molar-refractivity contribution in [3.05, 3.63) is 28.1 Å². The third-order valence-electron chi connectivity index (χ3n) is 1.85. The van der Waals surface area contributed by atoms with Gasteiger partial charge >= 0.3 is 0 Å². The van der Waals surface area contributed by atoms with E-state index in [0.717, 1.165) is 11.3 Å². The molecule has 0 aliphatic carbocycles. The molecule has 14 heavy (non-hydrogen) atoms. The Labute approximate surface area is 87.5 Å². The SMILES string of the molecule is Oc1c(C(F)F)sc2cc(Cl)ccc12. The van der Waals surface area contributed by atoms with Crippen LogP contribution < -0.4 is 0 Å². The first-order chi connectivity index (χ1) is 6.59. The summed E-state index contributed by atoms with van der Waals surface area (Å²) in [5.41, 5.74) is 0. The van der Waals surface area contributed by atoms with Crippen molar-refractivity contribution in [1.82, 2.24) is 0 Å². The average Bonchev–Trinajstić information content (AvgIpc) is 2.43. The molecule has 0 saturated carbocycles. The lowest BCUT2D eigenvalue weighted by molar-refractivity contribution is 0.152. The number of thiophene rings is 1. The third kappa shape index (κ3) is 1.44. The molecule has 74 valence electrons. The molecule has 0 aliphatic rings. The zero-order chi connectivity index (χ0) is 10.3. The fourth-order valence-electron chi connectivity index (χ4n) is 1.22. The molecule has 0 amide bonds. The molecule has 1 heterocycles. The van der Waals surface area contributed by atoms with E-state index in [1.807, 2.05) is 0 Å². The Morgan fingerprint density at radius 2 is 2.07 bits per heavy atom. The van der Waals surface area contributed by atoms with Crippen LogP contribution in [0.2, 0.25) is 5.02 Å². The van der Waals surface area contributed by atoms with Gasteiger partial charge in [-0.1, -0.05) is 11.6 Å². The van der Waals surface area contributed by atoms with Crippen LogP contribution in [0.1, 0.15) is 11.3 Å². The molecule has 2 rings (SSSR count). The molecule has 2 aromatic rings. The Hall–Kier alpha value is -0.870. The average molecular weight is 235 g/mol. The summed E-state index contributed by atoms with van der Waals surface area (Å²) in [4.78, 5) is -0.303. The standard InChI is InChI=1S/C9H5ClF2OS/c10-4-1-2-5-6(3-4)14-8(7(5)13)9(11)12/h1-3,9,13H. The second-order valence-electron chi connectivity index (χ2n) is 2.76. The molecule has 1 aromatic carbocycles. The molecule has 1 N–H and O–H groups in total. The van der Waals surface area contributed by atoms with Gasteiger partial charge in [-0.2, -0.15) is 0 Å². The van der Waals surface area contributed by atoms with E-state index in [0.29, 0.717) is 15.1 Å². The van der Waals surface area contributed by atoms with E-state index >= 15 is 0 Å². The lowest BCUT2D eigenvalue weighted by Crippen LogP contribution is -1.75. The second kappa shape index (κ2) is 3.37. The van der Waals surface area contributed by atoms with Gasteiger partial charge in [-0.3, -0.25) is 0 Å². The van der Waals surface area contributed by atoms with Gasteiger partial charge in [0.05, 0.1) is 0 Å². The Balaban J connectivity index is 2.73.